The van der Waals surface area contributed by atoms with Crippen LogP contribution in [0.15, 0.2) is 36.7 Å². The number of nitrogens with zero attached hydrogens (tertiary/aromatic N) is 4. The summed E-state index contributed by atoms with van der Waals surface area (Å²) in [4.78, 5) is 33.8. The Kier molecular flexibility index (Phi) is 10.6. The molecule has 0 saturated carbocycles. The molecular formula is C29H39F2N7O5S. The van der Waals surface area contributed by atoms with Crippen molar-refractivity contribution < 1.29 is 31.5 Å². The Morgan fingerprint density at radius 1 is 1.00 bits per heavy atom. The molecule has 15 heteroatoms. The van der Waals surface area contributed by atoms with E-state index >= 15 is 0 Å². The first kappa shape index (κ1) is 32.0. The first-order chi connectivity index (χ1) is 21.1. The Balaban J connectivity index is 1.00. The number of piperidine rings is 3. The number of carbonyl (C=O) groups excluding carboxylic acids is 2. The highest BCUT2D eigenvalue weighted by atomic mass is 32.2. The number of imide groups is 1. The van der Waals surface area contributed by atoms with Crippen LogP contribution in [0.4, 0.5) is 20.4 Å². The molecule has 1 unspecified atom stereocenters. The number of aromatic nitrogens is 2. The van der Waals surface area contributed by atoms with Gasteiger partial charge < -0.3 is 20.3 Å². The zero-order valence-corrected chi connectivity index (χ0v) is 25.3. The topological polar surface area (TPSA) is 146 Å². The molecule has 0 spiro atoms. The number of alkyl halides is 2. The Morgan fingerprint density at radius 3 is 2.41 bits per heavy atom. The number of likely N-dealkylation sites (tertiary alicyclic amines) is 1. The number of sulfonamides is 1. The molecule has 3 saturated heterocycles. The van der Waals surface area contributed by atoms with Crippen LogP contribution in [0.3, 0.4) is 0 Å². The number of carbonyl (C=O) groups is 2. The van der Waals surface area contributed by atoms with E-state index in [4.69, 9.17) is 0 Å². The van der Waals surface area contributed by atoms with Crippen LogP contribution in [0, 0.1) is 0 Å². The molecule has 44 heavy (non-hydrogen) atoms. The summed E-state index contributed by atoms with van der Waals surface area (Å²) in [7, 11) is -3.37. The van der Waals surface area contributed by atoms with Crippen LogP contribution in [-0.4, -0.2) is 96.6 Å². The molecule has 0 radical (unpaired) electrons. The van der Waals surface area contributed by atoms with Crippen molar-refractivity contribution in [1.29, 1.82) is 0 Å². The number of amides is 2. The van der Waals surface area contributed by atoms with Gasteiger partial charge in [0.1, 0.15) is 6.04 Å². The van der Waals surface area contributed by atoms with Crippen LogP contribution in [0.5, 0.6) is 5.75 Å². The van der Waals surface area contributed by atoms with E-state index in [0.29, 0.717) is 51.1 Å². The maximum absolute atomic E-state index is 13.0. The van der Waals surface area contributed by atoms with E-state index in [1.165, 1.54) is 18.0 Å². The maximum atomic E-state index is 13.0. The number of nitrogens with one attached hydrogen (secondary N) is 3. The Morgan fingerprint density at radius 2 is 1.73 bits per heavy atom. The zero-order valence-electron chi connectivity index (χ0n) is 24.5. The molecule has 3 aliphatic heterocycles. The summed E-state index contributed by atoms with van der Waals surface area (Å²) in [6.07, 6.45) is 6.85. The fraction of sp³-hybridized carbons (Fsp3) is 0.586. The largest absolute Gasteiger partial charge is 0.432 e. The van der Waals surface area contributed by atoms with Crippen LogP contribution >= 0.6 is 0 Å². The van der Waals surface area contributed by atoms with Gasteiger partial charge in [0.25, 0.3) is 0 Å². The summed E-state index contributed by atoms with van der Waals surface area (Å²) >= 11 is 0. The number of benzene rings is 1. The van der Waals surface area contributed by atoms with Gasteiger partial charge in [-0.05, 0) is 81.8 Å². The summed E-state index contributed by atoms with van der Waals surface area (Å²) in [6.45, 7) is 0.367. The summed E-state index contributed by atoms with van der Waals surface area (Å²) < 4.78 is 56.4. The molecule has 2 aromatic rings. The van der Waals surface area contributed by atoms with E-state index < -0.39 is 22.7 Å². The van der Waals surface area contributed by atoms with Crippen molar-refractivity contribution in [3.63, 3.8) is 0 Å². The Labute approximate surface area is 256 Å². The van der Waals surface area contributed by atoms with E-state index in [9.17, 15) is 26.8 Å². The molecule has 1 atom stereocenters. The minimum absolute atomic E-state index is 0.0153. The highest BCUT2D eigenvalue weighted by Gasteiger charge is 2.29. The van der Waals surface area contributed by atoms with Crippen molar-refractivity contribution in [2.24, 2.45) is 0 Å². The molecule has 1 aromatic heterocycles. The van der Waals surface area contributed by atoms with E-state index in [2.05, 4.69) is 47.7 Å². The summed E-state index contributed by atoms with van der Waals surface area (Å²) in [6, 6.07) is 7.68. The average molecular weight is 636 g/mol. The minimum atomic E-state index is -3.37. The molecule has 0 bridgehead atoms. The van der Waals surface area contributed by atoms with Gasteiger partial charge in [0, 0.05) is 31.2 Å². The lowest BCUT2D eigenvalue weighted by atomic mass is 9.89. The number of halogens is 2. The van der Waals surface area contributed by atoms with Gasteiger partial charge in [-0.15, -0.1) is 0 Å². The highest BCUT2D eigenvalue weighted by molar-refractivity contribution is 7.89. The molecule has 2 amide bonds. The van der Waals surface area contributed by atoms with Crippen molar-refractivity contribution in [3.8, 4) is 5.75 Å². The maximum Gasteiger partial charge on any atom is 0.387 e. The molecule has 3 aliphatic rings. The van der Waals surface area contributed by atoms with Crippen LogP contribution in [0.1, 0.15) is 56.4 Å². The van der Waals surface area contributed by atoms with Crippen molar-refractivity contribution in [2.45, 2.75) is 69.6 Å². The third kappa shape index (κ3) is 8.82. The smallest absolute Gasteiger partial charge is 0.387 e. The quantitative estimate of drug-likeness (QED) is 0.298. The fourth-order valence-corrected chi connectivity index (χ4v) is 7.54. The van der Waals surface area contributed by atoms with Gasteiger partial charge >= 0.3 is 6.61 Å². The molecule has 4 heterocycles. The number of ether oxygens (including phenoxy) is 1. The monoisotopic (exact) mass is 635 g/mol. The van der Waals surface area contributed by atoms with Gasteiger partial charge in [-0.1, -0.05) is 12.1 Å². The summed E-state index contributed by atoms with van der Waals surface area (Å²) in [5.74, 6) is 0.139. The lowest BCUT2D eigenvalue weighted by Crippen LogP contribution is -2.47. The Hall–Kier alpha value is -3.43. The lowest BCUT2D eigenvalue weighted by Gasteiger charge is -2.33. The molecule has 3 fully saturated rings. The predicted molar refractivity (Wildman–Crippen MR) is 160 cm³/mol. The number of hydrogen-bond acceptors (Lipinski definition) is 10. The first-order valence-electron chi connectivity index (χ1n) is 15.1. The fourth-order valence-electron chi connectivity index (χ4n) is 6.02. The van der Waals surface area contributed by atoms with Crippen molar-refractivity contribution in [2.75, 3.05) is 49.1 Å². The Bertz CT molecular complexity index is 1380. The average Bonchev–Trinajstić information content (AvgIpc) is 3.00. The standard InChI is InChI=1S/C29H39F2N7O5S/c30-28(31)43-24-18-32-29(33-19-24)35-22-9-14-38(15-10-22)44(41,42)16-2-11-37-12-7-20(8-13-37)21-3-1-4-23(17-21)34-25-5-6-26(39)36-27(25)40/h1,3-4,17-20,22,25,28,34H,2,5-16H2,(H,32,33,35)(H,36,39,40). The van der Waals surface area contributed by atoms with Crippen LogP contribution in [0.25, 0.3) is 0 Å². The van der Waals surface area contributed by atoms with Gasteiger partial charge in [-0.3, -0.25) is 14.9 Å². The van der Waals surface area contributed by atoms with Gasteiger partial charge in [0.15, 0.2) is 5.75 Å². The third-order valence-corrected chi connectivity index (χ3v) is 10.4. The second kappa shape index (κ2) is 14.6. The molecule has 240 valence electrons. The van der Waals surface area contributed by atoms with E-state index in [1.807, 2.05) is 12.1 Å². The predicted octanol–water partition coefficient (Wildman–Crippen LogP) is 2.77. The van der Waals surface area contributed by atoms with Crippen molar-refractivity contribution in [3.05, 3.63) is 42.2 Å². The molecule has 5 rings (SSSR count). The molecular weight excluding hydrogens is 596 g/mol. The summed E-state index contributed by atoms with van der Waals surface area (Å²) in [5.41, 5.74) is 2.08. The van der Waals surface area contributed by atoms with Crippen LogP contribution in [0.2, 0.25) is 0 Å². The summed E-state index contributed by atoms with van der Waals surface area (Å²) in [5, 5.41) is 8.77. The van der Waals surface area contributed by atoms with Crippen LogP contribution < -0.4 is 20.7 Å². The van der Waals surface area contributed by atoms with Gasteiger partial charge in [-0.25, -0.2) is 22.7 Å². The van der Waals surface area contributed by atoms with E-state index in [0.717, 1.165) is 38.2 Å². The van der Waals surface area contributed by atoms with E-state index in [-0.39, 0.29) is 35.3 Å². The second-order valence-corrected chi connectivity index (χ2v) is 13.6. The normalized spacial score (nSPS) is 21.3. The number of hydrogen-bond donors (Lipinski definition) is 3. The van der Waals surface area contributed by atoms with Gasteiger partial charge in [0.05, 0.1) is 18.1 Å². The first-order valence-corrected chi connectivity index (χ1v) is 16.7. The molecule has 12 nitrogen and oxygen atoms in total. The third-order valence-electron chi connectivity index (χ3n) is 8.44. The van der Waals surface area contributed by atoms with Crippen molar-refractivity contribution >= 4 is 33.5 Å². The SMILES string of the molecule is O=C1CCC(Nc2cccc(C3CCN(CCCS(=O)(=O)N4CCC(Nc5ncc(OC(F)F)cn5)CC4)CC3)c2)C(=O)N1. The number of rotatable bonds is 12. The van der Waals surface area contributed by atoms with Gasteiger partial charge in [0.2, 0.25) is 27.8 Å². The molecule has 0 aliphatic carbocycles. The molecule has 3 N–H and O–H groups in total. The van der Waals surface area contributed by atoms with Gasteiger partial charge in [-0.2, -0.15) is 8.78 Å². The lowest BCUT2D eigenvalue weighted by molar-refractivity contribution is -0.133. The van der Waals surface area contributed by atoms with Crippen LogP contribution in [-0.2, 0) is 19.6 Å². The zero-order chi connectivity index (χ0) is 31.1. The second-order valence-electron chi connectivity index (χ2n) is 11.5. The minimum Gasteiger partial charge on any atom is -0.432 e. The van der Waals surface area contributed by atoms with Crippen molar-refractivity contribution in [1.82, 2.24) is 24.5 Å². The highest BCUT2D eigenvalue weighted by Crippen LogP contribution is 2.30. The van der Waals surface area contributed by atoms with E-state index in [1.54, 1.807) is 4.31 Å². The molecule has 1 aromatic carbocycles. The number of anilines is 2.